The number of fused-ring (bicyclic) bond motifs is 1. The number of hydrogen-bond donors (Lipinski definition) is 0. The number of para-hydroxylation sites is 2. The first-order valence-electron chi connectivity index (χ1n) is 10.4. The number of anilines is 1. The molecule has 0 saturated carbocycles. The van der Waals surface area contributed by atoms with Gasteiger partial charge in [-0.3, -0.25) is 14.2 Å². The topological polar surface area (TPSA) is 58.4 Å². The third kappa shape index (κ3) is 4.30. The van der Waals surface area contributed by atoms with Crippen LogP contribution in [0.25, 0.3) is 10.9 Å². The van der Waals surface area contributed by atoms with Gasteiger partial charge in [0.15, 0.2) is 5.16 Å². The highest BCUT2D eigenvalue weighted by molar-refractivity contribution is 8.00. The number of carbonyl (C=O) groups is 1. The molecule has 162 valence electrons. The standard InChI is InChI=1S/C23H25FN4O2S/c1-3-28-22(30)17-8-4-6-10-19(17)25-23(28)31-16(2)21(29)27-14-12-26(13-15-27)20-11-7-5-9-18(20)24/h4-11,16H,3,12-15H2,1-2H3. The quantitative estimate of drug-likeness (QED) is 0.450. The maximum absolute atomic E-state index is 14.1. The van der Waals surface area contributed by atoms with E-state index in [1.165, 1.54) is 17.8 Å². The Labute approximate surface area is 184 Å². The number of aromatic nitrogens is 2. The molecule has 1 amide bonds. The highest BCUT2D eigenvalue weighted by Crippen LogP contribution is 2.25. The average Bonchev–Trinajstić information content (AvgIpc) is 2.79. The van der Waals surface area contributed by atoms with Crippen molar-refractivity contribution >= 4 is 34.3 Å². The molecule has 3 aromatic rings. The van der Waals surface area contributed by atoms with E-state index in [0.29, 0.717) is 54.5 Å². The van der Waals surface area contributed by atoms with Gasteiger partial charge in [-0.15, -0.1) is 0 Å². The molecule has 1 aromatic heterocycles. The van der Waals surface area contributed by atoms with Crippen molar-refractivity contribution in [2.75, 3.05) is 31.1 Å². The molecule has 1 atom stereocenters. The number of rotatable bonds is 5. The highest BCUT2D eigenvalue weighted by Gasteiger charge is 2.27. The minimum absolute atomic E-state index is 0.00300. The minimum atomic E-state index is -0.383. The molecule has 2 aromatic carbocycles. The van der Waals surface area contributed by atoms with Gasteiger partial charge >= 0.3 is 0 Å². The summed E-state index contributed by atoms with van der Waals surface area (Å²) in [6.07, 6.45) is 0. The summed E-state index contributed by atoms with van der Waals surface area (Å²) in [6.45, 7) is 6.46. The molecule has 0 spiro atoms. The van der Waals surface area contributed by atoms with Crippen LogP contribution >= 0.6 is 11.8 Å². The Kier molecular flexibility index (Phi) is 6.27. The Hall–Kier alpha value is -2.87. The van der Waals surface area contributed by atoms with Crippen LogP contribution in [0.4, 0.5) is 10.1 Å². The van der Waals surface area contributed by atoms with Crippen molar-refractivity contribution in [2.24, 2.45) is 0 Å². The third-order valence-corrected chi connectivity index (χ3v) is 6.63. The molecule has 1 aliphatic rings. The summed E-state index contributed by atoms with van der Waals surface area (Å²) in [6, 6.07) is 14.0. The molecule has 31 heavy (non-hydrogen) atoms. The van der Waals surface area contributed by atoms with E-state index in [-0.39, 0.29) is 22.5 Å². The summed E-state index contributed by atoms with van der Waals surface area (Å²) >= 11 is 1.31. The fraction of sp³-hybridized carbons (Fsp3) is 0.348. The van der Waals surface area contributed by atoms with Gasteiger partial charge in [0.05, 0.1) is 21.8 Å². The fourth-order valence-corrected chi connectivity index (χ4v) is 4.91. The maximum atomic E-state index is 14.1. The zero-order valence-corrected chi connectivity index (χ0v) is 18.4. The van der Waals surface area contributed by atoms with E-state index in [0.717, 1.165) is 0 Å². The summed E-state index contributed by atoms with van der Waals surface area (Å²) < 4.78 is 15.7. The third-order valence-electron chi connectivity index (χ3n) is 5.56. The lowest BCUT2D eigenvalue weighted by Crippen LogP contribution is -2.51. The molecule has 1 aliphatic heterocycles. The molecule has 8 heteroatoms. The van der Waals surface area contributed by atoms with Crippen molar-refractivity contribution < 1.29 is 9.18 Å². The van der Waals surface area contributed by atoms with Gasteiger partial charge in [-0.1, -0.05) is 36.0 Å². The molecule has 0 aliphatic carbocycles. The van der Waals surface area contributed by atoms with Crippen LogP contribution in [0.3, 0.4) is 0 Å². The highest BCUT2D eigenvalue weighted by atomic mass is 32.2. The van der Waals surface area contributed by atoms with Crippen LogP contribution < -0.4 is 10.5 Å². The van der Waals surface area contributed by atoms with Crippen molar-refractivity contribution in [3.8, 4) is 0 Å². The van der Waals surface area contributed by atoms with E-state index < -0.39 is 0 Å². The van der Waals surface area contributed by atoms with Gasteiger partial charge in [-0.05, 0) is 38.1 Å². The number of hydrogen-bond acceptors (Lipinski definition) is 5. The first-order valence-corrected chi connectivity index (χ1v) is 11.3. The summed E-state index contributed by atoms with van der Waals surface area (Å²) in [7, 11) is 0. The van der Waals surface area contributed by atoms with Gasteiger partial charge in [0.1, 0.15) is 5.82 Å². The number of carbonyl (C=O) groups excluding carboxylic acids is 1. The molecule has 0 bridgehead atoms. The van der Waals surface area contributed by atoms with Crippen LogP contribution in [-0.4, -0.2) is 51.8 Å². The minimum Gasteiger partial charge on any atom is -0.366 e. The zero-order chi connectivity index (χ0) is 22.0. The number of thioether (sulfide) groups is 1. The fourth-order valence-electron chi connectivity index (χ4n) is 3.86. The Morgan fingerprint density at radius 2 is 1.77 bits per heavy atom. The lowest BCUT2D eigenvalue weighted by Gasteiger charge is -2.37. The van der Waals surface area contributed by atoms with Crippen molar-refractivity contribution in [1.82, 2.24) is 14.5 Å². The summed E-state index contributed by atoms with van der Waals surface area (Å²) in [5, 5.41) is 0.750. The first kappa shape index (κ1) is 21.4. The van der Waals surface area contributed by atoms with Crippen molar-refractivity contribution in [1.29, 1.82) is 0 Å². The summed E-state index contributed by atoms with van der Waals surface area (Å²) in [5.41, 5.74) is 1.12. The number of benzene rings is 2. The lowest BCUT2D eigenvalue weighted by atomic mass is 10.2. The van der Waals surface area contributed by atoms with Crippen LogP contribution in [0, 0.1) is 5.82 Å². The zero-order valence-electron chi connectivity index (χ0n) is 17.6. The molecular formula is C23H25FN4O2S. The van der Waals surface area contributed by atoms with Crippen molar-refractivity contribution in [3.63, 3.8) is 0 Å². The molecule has 1 unspecified atom stereocenters. The van der Waals surface area contributed by atoms with Crippen LogP contribution in [0.15, 0.2) is 58.5 Å². The number of piperazine rings is 1. The monoisotopic (exact) mass is 440 g/mol. The van der Waals surface area contributed by atoms with Gasteiger partial charge in [0.2, 0.25) is 5.91 Å². The second-order valence-corrected chi connectivity index (χ2v) is 8.79. The van der Waals surface area contributed by atoms with E-state index in [4.69, 9.17) is 0 Å². The van der Waals surface area contributed by atoms with Crippen LogP contribution in [0.5, 0.6) is 0 Å². The Bertz CT molecular complexity index is 1160. The van der Waals surface area contributed by atoms with E-state index in [1.807, 2.05) is 47.9 Å². The van der Waals surface area contributed by atoms with Gasteiger partial charge in [-0.25, -0.2) is 9.37 Å². The van der Waals surface area contributed by atoms with Gasteiger partial charge in [0, 0.05) is 32.7 Å². The maximum Gasteiger partial charge on any atom is 0.262 e. The van der Waals surface area contributed by atoms with Crippen LogP contribution in [-0.2, 0) is 11.3 Å². The smallest absolute Gasteiger partial charge is 0.262 e. The predicted octanol–water partition coefficient (Wildman–Crippen LogP) is 3.38. The average molecular weight is 441 g/mol. The van der Waals surface area contributed by atoms with E-state index in [9.17, 15) is 14.0 Å². The second kappa shape index (κ2) is 9.09. The lowest BCUT2D eigenvalue weighted by molar-refractivity contribution is -0.130. The van der Waals surface area contributed by atoms with E-state index in [1.54, 1.807) is 22.8 Å². The second-order valence-electron chi connectivity index (χ2n) is 7.48. The van der Waals surface area contributed by atoms with E-state index in [2.05, 4.69) is 4.98 Å². The van der Waals surface area contributed by atoms with Gasteiger partial charge in [0.25, 0.3) is 5.56 Å². The summed E-state index contributed by atoms with van der Waals surface area (Å²) in [4.78, 5) is 34.3. The summed E-state index contributed by atoms with van der Waals surface area (Å²) in [5.74, 6) is -0.241. The van der Waals surface area contributed by atoms with Crippen molar-refractivity contribution in [3.05, 3.63) is 64.7 Å². The van der Waals surface area contributed by atoms with Crippen LogP contribution in [0.2, 0.25) is 0 Å². The number of amides is 1. The SMILES string of the molecule is CCn1c(SC(C)C(=O)N2CCN(c3ccccc3F)CC2)nc2ccccc2c1=O. The Balaban J connectivity index is 1.46. The molecular weight excluding hydrogens is 415 g/mol. The number of nitrogens with zero attached hydrogens (tertiary/aromatic N) is 4. The molecule has 1 saturated heterocycles. The number of halogens is 1. The van der Waals surface area contributed by atoms with Crippen molar-refractivity contribution in [2.45, 2.75) is 30.8 Å². The molecule has 0 radical (unpaired) electrons. The Morgan fingerprint density at radius 3 is 2.48 bits per heavy atom. The molecule has 0 N–H and O–H groups in total. The molecule has 2 heterocycles. The predicted molar refractivity (Wildman–Crippen MR) is 122 cm³/mol. The first-order chi connectivity index (χ1) is 15.0. The van der Waals surface area contributed by atoms with E-state index >= 15 is 0 Å². The largest absolute Gasteiger partial charge is 0.366 e. The molecule has 4 rings (SSSR count). The van der Waals surface area contributed by atoms with Crippen LogP contribution in [0.1, 0.15) is 13.8 Å². The molecule has 6 nitrogen and oxygen atoms in total. The molecule has 1 fully saturated rings. The van der Waals surface area contributed by atoms with Gasteiger partial charge < -0.3 is 9.80 Å². The normalized spacial score (nSPS) is 15.3. The van der Waals surface area contributed by atoms with Gasteiger partial charge in [-0.2, -0.15) is 0 Å². The Morgan fingerprint density at radius 1 is 1.10 bits per heavy atom.